The first-order chi connectivity index (χ1) is 6.70. The van der Waals surface area contributed by atoms with Gasteiger partial charge in [-0.3, -0.25) is 0 Å². The minimum atomic E-state index is 0.498. The van der Waals surface area contributed by atoms with Crippen molar-refractivity contribution in [2.45, 2.75) is 19.8 Å². The van der Waals surface area contributed by atoms with E-state index in [2.05, 4.69) is 0 Å². The normalized spacial score (nSPS) is 9.93. The number of hydrogen-bond acceptors (Lipinski definition) is 2. The summed E-state index contributed by atoms with van der Waals surface area (Å²) in [4.78, 5) is 10.3. The number of carbonyl (C=O) groups is 1. The zero-order valence-electron chi connectivity index (χ0n) is 8.34. The van der Waals surface area contributed by atoms with E-state index in [0.29, 0.717) is 23.6 Å². The molecule has 0 heterocycles. The van der Waals surface area contributed by atoms with Crippen LogP contribution >= 0.6 is 11.6 Å². The van der Waals surface area contributed by atoms with E-state index in [1.165, 1.54) is 0 Å². The molecule has 0 aliphatic rings. The summed E-state index contributed by atoms with van der Waals surface area (Å²) >= 11 is 5.97. The van der Waals surface area contributed by atoms with Gasteiger partial charge in [0.15, 0.2) is 0 Å². The molecule has 76 valence electrons. The van der Waals surface area contributed by atoms with Gasteiger partial charge in [-0.2, -0.15) is 0 Å². The van der Waals surface area contributed by atoms with Gasteiger partial charge >= 0.3 is 0 Å². The van der Waals surface area contributed by atoms with Crippen LogP contribution in [-0.4, -0.2) is 13.4 Å². The van der Waals surface area contributed by atoms with Gasteiger partial charge in [0, 0.05) is 6.42 Å². The van der Waals surface area contributed by atoms with Crippen LogP contribution in [0.15, 0.2) is 12.1 Å². The summed E-state index contributed by atoms with van der Waals surface area (Å²) in [5.41, 5.74) is 2.13. The Hall–Kier alpha value is -1.02. The zero-order chi connectivity index (χ0) is 10.6. The second-order valence-corrected chi connectivity index (χ2v) is 3.49. The number of methoxy groups -OCH3 is 1. The van der Waals surface area contributed by atoms with Crippen molar-refractivity contribution in [3.63, 3.8) is 0 Å². The fourth-order valence-corrected chi connectivity index (χ4v) is 1.69. The third-order valence-corrected chi connectivity index (χ3v) is 2.46. The van der Waals surface area contributed by atoms with Crippen molar-refractivity contribution in [3.8, 4) is 5.75 Å². The first-order valence-electron chi connectivity index (χ1n) is 4.46. The van der Waals surface area contributed by atoms with Crippen molar-refractivity contribution in [2.24, 2.45) is 0 Å². The number of benzene rings is 1. The molecular weight excluding hydrogens is 200 g/mol. The molecule has 0 atom stereocenters. The second-order valence-electron chi connectivity index (χ2n) is 3.08. The number of halogens is 1. The molecule has 0 amide bonds. The number of aryl methyl sites for hydroxylation is 1. The highest BCUT2D eigenvalue weighted by Gasteiger charge is 2.09. The highest BCUT2D eigenvalue weighted by molar-refractivity contribution is 6.32. The molecule has 3 heteroatoms. The van der Waals surface area contributed by atoms with Crippen LogP contribution in [0.1, 0.15) is 17.5 Å². The first-order valence-corrected chi connectivity index (χ1v) is 4.84. The smallest absolute Gasteiger partial charge is 0.140 e. The molecule has 0 N–H and O–H groups in total. The van der Waals surface area contributed by atoms with Crippen molar-refractivity contribution in [2.75, 3.05) is 7.11 Å². The van der Waals surface area contributed by atoms with Gasteiger partial charge in [0.05, 0.1) is 12.1 Å². The van der Waals surface area contributed by atoms with E-state index in [4.69, 9.17) is 16.3 Å². The van der Waals surface area contributed by atoms with Crippen LogP contribution in [-0.2, 0) is 11.2 Å². The second kappa shape index (κ2) is 5.01. The maximum absolute atomic E-state index is 10.3. The number of rotatable bonds is 4. The predicted octanol–water partition coefficient (Wildman–Crippen LogP) is 2.79. The number of hydrogen-bond donors (Lipinski definition) is 0. The summed E-state index contributed by atoms with van der Waals surface area (Å²) in [6, 6.07) is 3.74. The summed E-state index contributed by atoms with van der Waals surface area (Å²) in [7, 11) is 1.59. The highest BCUT2D eigenvalue weighted by Crippen LogP contribution is 2.31. The molecule has 0 saturated heterocycles. The highest BCUT2D eigenvalue weighted by atomic mass is 35.5. The van der Waals surface area contributed by atoms with Crippen molar-refractivity contribution >= 4 is 17.9 Å². The van der Waals surface area contributed by atoms with E-state index in [9.17, 15) is 4.79 Å². The lowest BCUT2D eigenvalue weighted by Crippen LogP contribution is -1.97. The molecule has 0 saturated carbocycles. The molecule has 1 rings (SSSR count). The standard InChI is InChI=1S/C11H13ClO2/c1-8-5-6-10(12)11(14-2)9(8)4-3-7-13/h5-7H,3-4H2,1-2H3. The fourth-order valence-electron chi connectivity index (χ4n) is 1.43. The maximum Gasteiger partial charge on any atom is 0.140 e. The molecule has 2 nitrogen and oxygen atoms in total. The van der Waals surface area contributed by atoms with E-state index < -0.39 is 0 Å². The van der Waals surface area contributed by atoms with Crippen LogP contribution in [0.5, 0.6) is 5.75 Å². The number of aldehydes is 1. The third-order valence-electron chi connectivity index (χ3n) is 2.16. The van der Waals surface area contributed by atoms with E-state index in [0.717, 1.165) is 17.4 Å². The molecule has 0 unspecified atom stereocenters. The average Bonchev–Trinajstić information content (AvgIpc) is 2.19. The molecule has 0 aliphatic carbocycles. The Morgan fingerprint density at radius 2 is 2.21 bits per heavy atom. The lowest BCUT2D eigenvalue weighted by atomic mass is 10.0. The summed E-state index contributed by atoms with van der Waals surface area (Å²) in [6.07, 6.45) is 2.08. The quantitative estimate of drug-likeness (QED) is 0.718. The van der Waals surface area contributed by atoms with Crippen LogP contribution in [0.2, 0.25) is 5.02 Å². The predicted molar refractivity (Wildman–Crippen MR) is 57.1 cm³/mol. The van der Waals surface area contributed by atoms with Crippen LogP contribution in [0.3, 0.4) is 0 Å². The SMILES string of the molecule is COc1c(Cl)ccc(C)c1CCC=O. The Kier molecular flexibility index (Phi) is 3.96. The van der Waals surface area contributed by atoms with Gasteiger partial charge in [0.25, 0.3) is 0 Å². The third kappa shape index (κ3) is 2.26. The molecular formula is C11H13ClO2. The molecule has 0 aliphatic heterocycles. The summed E-state index contributed by atoms with van der Waals surface area (Å²) in [5, 5.41) is 0.596. The van der Waals surface area contributed by atoms with Crippen molar-refractivity contribution < 1.29 is 9.53 Å². The Bertz CT molecular complexity index is 334. The molecule has 0 fully saturated rings. The minimum Gasteiger partial charge on any atom is -0.495 e. The van der Waals surface area contributed by atoms with Crippen molar-refractivity contribution in [3.05, 3.63) is 28.3 Å². The minimum absolute atomic E-state index is 0.498. The molecule has 0 radical (unpaired) electrons. The summed E-state index contributed by atoms with van der Waals surface area (Å²) < 4.78 is 5.21. The van der Waals surface area contributed by atoms with E-state index in [1.54, 1.807) is 13.2 Å². The van der Waals surface area contributed by atoms with Gasteiger partial charge in [0.1, 0.15) is 12.0 Å². The molecule has 14 heavy (non-hydrogen) atoms. The Labute approximate surface area is 88.8 Å². The fraction of sp³-hybridized carbons (Fsp3) is 0.364. The van der Waals surface area contributed by atoms with Crippen LogP contribution in [0.4, 0.5) is 0 Å². The van der Waals surface area contributed by atoms with Gasteiger partial charge in [0.2, 0.25) is 0 Å². The Morgan fingerprint density at radius 1 is 1.50 bits per heavy atom. The van der Waals surface area contributed by atoms with Crippen LogP contribution < -0.4 is 4.74 Å². The monoisotopic (exact) mass is 212 g/mol. The van der Waals surface area contributed by atoms with E-state index in [1.807, 2.05) is 13.0 Å². The summed E-state index contributed by atoms with van der Waals surface area (Å²) in [5.74, 6) is 0.688. The van der Waals surface area contributed by atoms with Crippen LogP contribution in [0, 0.1) is 6.92 Å². The van der Waals surface area contributed by atoms with Gasteiger partial charge in [-0.05, 0) is 30.5 Å². The Balaban J connectivity index is 3.08. The largest absolute Gasteiger partial charge is 0.495 e. The molecule has 0 aromatic heterocycles. The summed E-state index contributed by atoms with van der Waals surface area (Å²) in [6.45, 7) is 1.99. The van der Waals surface area contributed by atoms with Gasteiger partial charge in [-0.15, -0.1) is 0 Å². The topological polar surface area (TPSA) is 26.3 Å². The van der Waals surface area contributed by atoms with Gasteiger partial charge < -0.3 is 9.53 Å². The molecule has 1 aromatic rings. The lowest BCUT2D eigenvalue weighted by molar-refractivity contribution is -0.107. The van der Waals surface area contributed by atoms with Gasteiger partial charge in [-0.25, -0.2) is 0 Å². The van der Waals surface area contributed by atoms with E-state index >= 15 is 0 Å². The maximum atomic E-state index is 10.3. The first kappa shape index (κ1) is 11.1. The van der Waals surface area contributed by atoms with Crippen LogP contribution in [0.25, 0.3) is 0 Å². The zero-order valence-corrected chi connectivity index (χ0v) is 9.10. The lowest BCUT2D eigenvalue weighted by Gasteiger charge is -2.11. The Morgan fingerprint density at radius 3 is 2.79 bits per heavy atom. The molecule has 0 spiro atoms. The molecule has 1 aromatic carbocycles. The van der Waals surface area contributed by atoms with E-state index in [-0.39, 0.29) is 0 Å². The number of ether oxygens (including phenoxy) is 1. The number of carbonyl (C=O) groups excluding carboxylic acids is 1. The molecule has 0 bridgehead atoms. The van der Waals surface area contributed by atoms with Crippen molar-refractivity contribution in [1.82, 2.24) is 0 Å². The van der Waals surface area contributed by atoms with Gasteiger partial charge in [-0.1, -0.05) is 17.7 Å². The van der Waals surface area contributed by atoms with Crippen molar-refractivity contribution in [1.29, 1.82) is 0 Å². The average molecular weight is 213 g/mol.